The first kappa shape index (κ1) is 7.88. The molecule has 0 saturated heterocycles. The van der Waals surface area contributed by atoms with Crippen LogP contribution in [0.25, 0.3) is 10.1 Å². The number of thiophene rings is 1. The zero-order valence-corrected chi connectivity index (χ0v) is 6.61. The Labute approximate surface area is 76.1 Å². The van der Waals surface area contributed by atoms with Crippen LogP contribution in [0.4, 0.5) is 0 Å². The maximum atomic E-state index is 3.15. The van der Waals surface area contributed by atoms with Gasteiger partial charge >= 0.3 is 18.9 Å². The Balaban J connectivity index is 0.000000500. The molecule has 0 fully saturated rings. The number of hydrogen-bond donors (Lipinski definition) is 0. The van der Waals surface area contributed by atoms with Gasteiger partial charge in [-0.1, -0.05) is 10.8 Å². The van der Waals surface area contributed by atoms with E-state index in [4.69, 9.17) is 0 Å². The summed E-state index contributed by atoms with van der Waals surface area (Å²) in [6, 6.07) is 11.3. The third-order valence-electron chi connectivity index (χ3n) is 1.28. The van der Waals surface area contributed by atoms with Crippen molar-refractivity contribution in [3.8, 4) is 0 Å². The van der Waals surface area contributed by atoms with E-state index < -0.39 is 0 Å². The zero-order valence-electron chi connectivity index (χ0n) is 5.79. The van der Waals surface area contributed by atoms with Gasteiger partial charge in [0.05, 0.1) is 0 Å². The molecule has 0 atom stereocenters. The molecule has 0 spiro atoms. The van der Waals surface area contributed by atoms with Crippen LogP contribution in [0.15, 0.2) is 29.6 Å². The summed E-state index contributed by atoms with van der Waals surface area (Å²) in [4.78, 5) is 0. The molecule has 0 saturated carbocycles. The first-order valence-electron chi connectivity index (χ1n) is 2.81. The third kappa shape index (κ3) is 1.27. The molecule has 44 valence electrons. The standard InChI is InChI=1S/C8H5S.Li/c1-2-4-8-7(3-1)5-6-9-8;/h1-3,5-6H;/q-1;+1. The first-order valence-corrected chi connectivity index (χ1v) is 3.69. The van der Waals surface area contributed by atoms with E-state index in [-0.39, 0.29) is 18.9 Å². The Morgan fingerprint density at radius 2 is 2.20 bits per heavy atom. The van der Waals surface area contributed by atoms with Gasteiger partial charge in [0, 0.05) is 0 Å². The van der Waals surface area contributed by atoms with Crippen LogP contribution in [-0.2, 0) is 0 Å². The quantitative estimate of drug-likeness (QED) is 0.348. The largest absolute Gasteiger partial charge is 1.00 e. The molecule has 2 rings (SSSR count). The molecule has 0 nitrogen and oxygen atoms in total. The van der Waals surface area contributed by atoms with Gasteiger partial charge in [0.1, 0.15) is 0 Å². The second-order valence-corrected chi connectivity index (χ2v) is 2.79. The van der Waals surface area contributed by atoms with Crippen LogP contribution in [0.3, 0.4) is 0 Å². The van der Waals surface area contributed by atoms with E-state index in [1.807, 2.05) is 12.1 Å². The molecule has 0 N–H and O–H groups in total. The van der Waals surface area contributed by atoms with Gasteiger partial charge in [0.15, 0.2) is 0 Å². The van der Waals surface area contributed by atoms with Crippen LogP contribution in [0.2, 0.25) is 0 Å². The van der Waals surface area contributed by atoms with Crippen LogP contribution in [0.1, 0.15) is 0 Å². The zero-order chi connectivity index (χ0) is 6.10. The van der Waals surface area contributed by atoms with Crippen LogP contribution < -0.4 is 18.9 Å². The maximum Gasteiger partial charge on any atom is 1.00 e. The molecule has 1 heterocycles. The number of hydrogen-bond acceptors (Lipinski definition) is 1. The normalized spacial score (nSPS) is 9.20. The number of fused-ring (bicyclic) bond motifs is 1. The summed E-state index contributed by atoms with van der Waals surface area (Å²) in [7, 11) is 0. The molecule has 0 aliphatic carbocycles. The van der Waals surface area contributed by atoms with E-state index >= 15 is 0 Å². The van der Waals surface area contributed by atoms with Gasteiger partial charge in [0.25, 0.3) is 0 Å². The molecular formula is C8H5LiS. The van der Waals surface area contributed by atoms with Crippen molar-refractivity contribution in [1.29, 1.82) is 0 Å². The number of rotatable bonds is 0. The fourth-order valence-corrected chi connectivity index (χ4v) is 1.60. The summed E-state index contributed by atoms with van der Waals surface area (Å²) in [6.45, 7) is 0. The summed E-state index contributed by atoms with van der Waals surface area (Å²) in [5, 5.41) is 3.38. The minimum Gasteiger partial charge on any atom is -0.176 e. The maximum absolute atomic E-state index is 3.15. The van der Waals surface area contributed by atoms with E-state index in [2.05, 4.69) is 23.6 Å². The van der Waals surface area contributed by atoms with E-state index in [0.717, 1.165) is 0 Å². The van der Waals surface area contributed by atoms with Crippen molar-refractivity contribution < 1.29 is 18.9 Å². The third-order valence-corrected chi connectivity index (χ3v) is 2.14. The monoisotopic (exact) mass is 140 g/mol. The predicted molar refractivity (Wildman–Crippen MR) is 40.7 cm³/mol. The Morgan fingerprint density at radius 1 is 1.30 bits per heavy atom. The Kier molecular flexibility index (Phi) is 2.56. The summed E-state index contributed by atoms with van der Waals surface area (Å²) in [6.07, 6.45) is 0. The summed E-state index contributed by atoms with van der Waals surface area (Å²) < 4.78 is 1.25. The minimum atomic E-state index is 0. The van der Waals surface area contributed by atoms with Gasteiger partial charge in [-0.15, -0.1) is 5.39 Å². The van der Waals surface area contributed by atoms with Crippen LogP contribution in [0.5, 0.6) is 0 Å². The van der Waals surface area contributed by atoms with Crippen molar-refractivity contribution in [2.45, 2.75) is 0 Å². The second kappa shape index (κ2) is 3.25. The van der Waals surface area contributed by atoms with Gasteiger partial charge in [-0.25, -0.2) is 0 Å². The molecule has 2 aromatic rings. The number of benzene rings is 1. The molecule has 10 heavy (non-hydrogen) atoms. The topological polar surface area (TPSA) is 0 Å². The molecule has 0 unspecified atom stereocenters. The summed E-state index contributed by atoms with van der Waals surface area (Å²) in [5.74, 6) is 0. The van der Waals surface area contributed by atoms with Crippen LogP contribution in [0, 0.1) is 6.07 Å². The first-order chi connectivity index (χ1) is 4.47. The van der Waals surface area contributed by atoms with E-state index in [0.29, 0.717) is 0 Å². The van der Waals surface area contributed by atoms with Gasteiger partial charge in [-0.05, 0) is 5.38 Å². The molecule has 2 heteroatoms. The molecule has 0 aliphatic rings. The van der Waals surface area contributed by atoms with Gasteiger partial charge in [-0.2, -0.15) is 35.6 Å². The van der Waals surface area contributed by atoms with Gasteiger partial charge in [-0.3, -0.25) is 0 Å². The summed E-state index contributed by atoms with van der Waals surface area (Å²) >= 11 is 1.73. The van der Waals surface area contributed by atoms with Crippen molar-refractivity contribution in [1.82, 2.24) is 0 Å². The smallest absolute Gasteiger partial charge is 0.176 e. The van der Waals surface area contributed by atoms with E-state index in [9.17, 15) is 0 Å². The van der Waals surface area contributed by atoms with Crippen molar-refractivity contribution in [3.05, 3.63) is 35.7 Å². The van der Waals surface area contributed by atoms with Crippen molar-refractivity contribution in [2.75, 3.05) is 0 Å². The second-order valence-electron chi connectivity index (χ2n) is 1.88. The van der Waals surface area contributed by atoms with Gasteiger partial charge < -0.3 is 0 Å². The molecular weight excluding hydrogens is 135 g/mol. The fraction of sp³-hybridized carbons (Fsp3) is 0. The average molecular weight is 140 g/mol. The van der Waals surface area contributed by atoms with E-state index in [1.165, 1.54) is 10.1 Å². The Bertz CT molecular complexity index is 283. The molecule has 1 aromatic heterocycles. The van der Waals surface area contributed by atoms with Gasteiger partial charge in [0.2, 0.25) is 0 Å². The fourth-order valence-electron chi connectivity index (χ4n) is 0.843. The average Bonchev–Trinajstić information content (AvgIpc) is 2.33. The SMILES string of the molecule is [Li+].[c-]1cccc2ccsc12. The summed E-state index contributed by atoms with van der Waals surface area (Å²) in [5.41, 5.74) is 0. The predicted octanol–water partition coefficient (Wildman–Crippen LogP) is -0.295. The molecule has 1 aromatic carbocycles. The van der Waals surface area contributed by atoms with Crippen LogP contribution in [-0.4, -0.2) is 0 Å². The molecule has 0 radical (unpaired) electrons. The van der Waals surface area contributed by atoms with Crippen molar-refractivity contribution in [3.63, 3.8) is 0 Å². The Hall–Kier alpha value is -0.223. The molecule has 0 aliphatic heterocycles. The minimum absolute atomic E-state index is 0. The molecule has 0 bridgehead atoms. The van der Waals surface area contributed by atoms with Crippen molar-refractivity contribution in [2.24, 2.45) is 0 Å². The van der Waals surface area contributed by atoms with Crippen molar-refractivity contribution >= 4 is 21.4 Å². The van der Waals surface area contributed by atoms with Crippen LogP contribution >= 0.6 is 11.3 Å². The molecule has 0 amide bonds. The van der Waals surface area contributed by atoms with E-state index in [1.54, 1.807) is 11.3 Å². The Morgan fingerprint density at radius 3 is 3.00 bits per heavy atom.